The van der Waals surface area contributed by atoms with Crippen LogP contribution in [0.1, 0.15) is 17.8 Å². The molecule has 0 aliphatic heterocycles. The number of benzene rings is 1. The van der Waals surface area contributed by atoms with E-state index in [4.69, 9.17) is 25.6 Å². The highest BCUT2D eigenvalue weighted by Gasteiger charge is 2.26. The molecule has 0 atom stereocenters. The van der Waals surface area contributed by atoms with Crippen molar-refractivity contribution in [2.24, 2.45) is 5.14 Å². The predicted octanol–water partition coefficient (Wildman–Crippen LogP) is -2.45. The maximum atomic E-state index is 12.9. The number of amides is 2. The summed E-state index contributed by atoms with van der Waals surface area (Å²) in [4.78, 5) is 77.2. The summed E-state index contributed by atoms with van der Waals surface area (Å²) >= 11 is 0. The van der Waals surface area contributed by atoms with Crippen LogP contribution < -0.4 is 10.5 Å². The van der Waals surface area contributed by atoms with Crippen molar-refractivity contribution < 1.29 is 57.6 Å². The van der Waals surface area contributed by atoms with E-state index >= 15 is 0 Å². The van der Waals surface area contributed by atoms with E-state index in [0.717, 1.165) is 5.56 Å². The number of aryl methyl sites for hydroxylation is 1. The lowest BCUT2D eigenvalue weighted by molar-refractivity contribution is -0.151. The molecule has 258 valence electrons. The minimum Gasteiger partial charge on any atom is -0.480 e. The van der Waals surface area contributed by atoms with Crippen molar-refractivity contribution in [3.63, 3.8) is 0 Å². The summed E-state index contributed by atoms with van der Waals surface area (Å²) in [5.74, 6) is -7.03. The third kappa shape index (κ3) is 14.4. The van der Waals surface area contributed by atoms with Crippen molar-refractivity contribution in [2.75, 3.05) is 52.4 Å². The second-order valence-electron chi connectivity index (χ2n) is 10.3. The zero-order valence-corrected chi connectivity index (χ0v) is 26.0. The Bertz CT molecular complexity index is 1450. The Hall–Kier alpha value is -4.92. The molecule has 2 rings (SSSR count). The molecule has 7 N–H and O–H groups in total. The van der Waals surface area contributed by atoms with Gasteiger partial charge >= 0.3 is 23.9 Å². The highest BCUT2D eigenvalue weighted by molar-refractivity contribution is 7.89. The SMILES string of the molecule is NS(=O)(=O)c1ccc(CCNCc2nccn2CCCN(CC(=O)N(CC(=O)O)CC(=O)O)CC(=O)N(CC(=O)O)CC(=O)O)cc1. The monoisotopic (exact) mass is 683 g/mol. The summed E-state index contributed by atoms with van der Waals surface area (Å²) in [7, 11) is -3.78. The molecule has 0 saturated carbocycles. The lowest BCUT2D eigenvalue weighted by Gasteiger charge is -2.27. The number of rotatable bonds is 22. The number of hydrogen-bond acceptors (Lipinski definition) is 11. The Morgan fingerprint density at radius 2 is 1.28 bits per heavy atom. The number of carbonyl (C=O) groups is 6. The maximum absolute atomic E-state index is 12.9. The molecule has 0 unspecified atom stereocenters. The molecule has 1 heterocycles. The van der Waals surface area contributed by atoms with E-state index in [2.05, 4.69) is 10.3 Å². The summed E-state index contributed by atoms with van der Waals surface area (Å²) in [6.07, 6.45) is 4.16. The van der Waals surface area contributed by atoms with Crippen LogP contribution in [0.4, 0.5) is 0 Å². The van der Waals surface area contributed by atoms with Gasteiger partial charge in [-0.3, -0.25) is 33.7 Å². The Morgan fingerprint density at radius 1 is 0.787 bits per heavy atom. The van der Waals surface area contributed by atoms with Crippen molar-refractivity contribution >= 4 is 45.7 Å². The molecule has 47 heavy (non-hydrogen) atoms. The number of nitrogens with zero attached hydrogens (tertiary/aromatic N) is 5. The molecular formula is C27H37N7O12S. The third-order valence-electron chi connectivity index (χ3n) is 6.53. The first-order chi connectivity index (χ1) is 22.0. The van der Waals surface area contributed by atoms with E-state index in [1.807, 2.05) is 0 Å². The minimum absolute atomic E-state index is 0.0132. The quantitative estimate of drug-likeness (QED) is 0.0703. The lowest BCUT2D eigenvalue weighted by atomic mass is 10.1. The molecule has 0 spiro atoms. The number of carbonyl (C=O) groups excluding carboxylic acids is 2. The molecule has 2 amide bonds. The number of primary sulfonamides is 1. The maximum Gasteiger partial charge on any atom is 0.323 e. The molecule has 20 heteroatoms. The first-order valence-electron chi connectivity index (χ1n) is 14.0. The van der Waals surface area contributed by atoms with Gasteiger partial charge in [0.1, 0.15) is 32.0 Å². The van der Waals surface area contributed by atoms with Gasteiger partial charge in [-0.15, -0.1) is 0 Å². The normalized spacial score (nSPS) is 11.3. The van der Waals surface area contributed by atoms with Gasteiger partial charge in [0.15, 0.2) is 0 Å². The second kappa shape index (κ2) is 18.3. The summed E-state index contributed by atoms with van der Waals surface area (Å²) < 4.78 is 24.6. The summed E-state index contributed by atoms with van der Waals surface area (Å²) in [5.41, 5.74) is 0.882. The number of hydrogen-bond donors (Lipinski definition) is 6. The number of carboxylic acids is 4. The van der Waals surface area contributed by atoms with Gasteiger partial charge in [-0.05, 0) is 37.1 Å². The van der Waals surface area contributed by atoms with Gasteiger partial charge in [0.25, 0.3) is 0 Å². The van der Waals surface area contributed by atoms with Crippen molar-refractivity contribution in [1.29, 1.82) is 0 Å². The van der Waals surface area contributed by atoms with Crippen LogP contribution in [0.2, 0.25) is 0 Å². The molecule has 0 radical (unpaired) electrons. The number of imidazole rings is 1. The first-order valence-corrected chi connectivity index (χ1v) is 15.6. The summed E-state index contributed by atoms with van der Waals surface area (Å²) in [6, 6.07) is 6.17. The van der Waals surface area contributed by atoms with Gasteiger partial charge < -0.3 is 40.1 Å². The Balaban J connectivity index is 2.05. The van der Waals surface area contributed by atoms with Crippen molar-refractivity contribution in [3.8, 4) is 0 Å². The molecule has 0 saturated heterocycles. The van der Waals surface area contributed by atoms with Gasteiger partial charge in [0.05, 0.1) is 24.5 Å². The number of aliphatic carboxylic acids is 4. The van der Waals surface area contributed by atoms with E-state index in [9.17, 15) is 37.2 Å². The zero-order valence-electron chi connectivity index (χ0n) is 25.2. The molecule has 1 aromatic heterocycles. The Kier molecular flexibility index (Phi) is 14.9. The van der Waals surface area contributed by atoms with Gasteiger partial charge in [-0.25, -0.2) is 18.5 Å². The van der Waals surface area contributed by atoms with Crippen molar-refractivity contribution in [2.45, 2.75) is 30.8 Å². The fourth-order valence-corrected chi connectivity index (χ4v) is 4.88. The minimum atomic E-state index is -3.78. The molecule has 1 aromatic carbocycles. The van der Waals surface area contributed by atoms with Crippen LogP contribution in [0, 0.1) is 0 Å². The summed E-state index contributed by atoms with van der Waals surface area (Å²) in [6.45, 7) is -3.59. The van der Waals surface area contributed by atoms with Gasteiger partial charge in [0.2, 0.25) is 21.8 Å². The zero-order chi connectivity index (χ0) is 35.1. The van der Waals surface area contributed by atoms with Crippen LogP contribution in [-0.4, -0.2) is 141 Å². The first kappa shape index (κ1) is 38.3. The Labute approximate surface area is 269 Å². The van der Waals surface area contributed by atoms with E-state index in [1.165, 1.54) is 17.0 Å². The number of carboxylic acid groups (broad SMARTS) is 4. The number of nitrogens with one attached hydrogen (secondary N) is 1. The van der Waals surface area contributed by atoms with Crippen LogP contribution in [0.25, 0.3) is 0 Å². The van der Waals surface area contributed by atoms with Crippen LogP contribution in [0.3, 0.4) is 0 Å². The van der Waals surface area contributed by atoms with Crippen LogP contribution in [0.15, 0.2) is 41.6 Å². The average molecular weight is 684 g/mol. The predicted molar refractivity (Wildman–Crippen MR) is 160 cm³/mol. The largest absolute Gasteiger partial charge is 0.480 e. The highest BCUT2D eigenvalue weighted by atomic mass is 32.2. The third-order valence-corrected chi connectivity index (χ3v) is 7.46. The number of nitrogens with two attached hydrogens (primary N) is 1. The highest BCUT2D eigenvalue weighted by Crippen LogP contribution is 2.09. The van der Waals surface area contributed by atoms with E-state index in [0.29, 0.717) is 48.1 Å². The van der Waals surface area contributed by atoms with Gasteiger partial charge in [-0.2, -0.15) is 0 Å². The molecule has 0 aliphatic carbocycles. The molecule has 0 fully saturated rings. The van der Waals surface area contributed by atoms with Gasteiger partial charge in [0, 0.05) is 25.5 Å². The smallest absolute Gasteiger partial charge is 0.323 e. The number of sulfonamides is 1. The van der Waals surface area contributed by atoms with Crippen molar-refractivity contribution in [1.82, 2.24) is 29.6 Å². The van der Waals surface area contributed by atoms with Crippen LogP contribution in [-0.2, 0) is 58.3 Å². The van der Waals surface area contributed by atoms with E-state index in [1.54, 1.807) is 29.1 Å². The molecule has 0 bridgehead atoms. The van der Waals surface area contributed by atoms with E-state index in [-0.39, 0.29) is 11.4 Å². The van der Waals surface area contributed by atoms with Crippen LogP contribution in [0.5, 0.6) is 0 Å². The molecular weight excluding hydrogens is 646 g/mol. The lowest BCUT2D eigenvalue weighted by Crippen LogP contribution is -2.49. The fraction of sp³-hybridized carbons (Fsp3) is 0.444. The van der Waals surface area contributed by atoms with Crippen LogP contribution >= 0.6 is 0 Å². The van der Waals surface area contributed by atoms with Crippen molar-refractivity contribution in [3.05, 3.63) is 48.0 Å². The average Bonchev–Trinajstić information content (AvgIpc) is 3.40. The topological polar surface area (TPSA) is 283 Å². The van der Waals surface area contributed by atoms with Gasteiger partial charge in [-0.1, -0.05) is 12.1 Å². The Morgan fingerprint density at radius 3 is 1.72 bits per heavy atom. The fourth-order valence-electron chi connectivity index (χ4n) is 4.37. The molecule has 2 aromatic rings. The molecule has 19 nitrogen and oxygen atoms in total. The molecule has 0 aliphatic rings. The van der Waals surface area contributed by atoms with E-state index < -0.39 is 85.0 Å². The summed E-state index contributed by atoms with van der Waals surface area (Å²) in [5, 5.41) is 44.7. The standard InChI is InChI=1S/C27H37N7O12S/c28-47(45,46)20-4-2-19(3-5-20)6-7-29-12-21-30-8-11-32(21)10-1-9-31(13-22(35)33(15-24(37)38)16-25(39)40)14-23(36)34(17-26(41)42)18-27(43)44/h2-5,8,11,29H,1,6-7,9-10,12-18H2,(H,37,38)(H,39,40)(H,41,42)(H,43,44)(H2,28,45,46). The second-order valence-corrected chi connectivity index (χ2v) is 11.9. The number of aromatic nitrogens is 2.